The van der Waals surface area contributed by atoms with E-state index in [0.29, 0.717) is 18.6 Å². The van der Waals surface area contributed by atoms with E-state index >= 15 is 0 Å². The summed E-state index contributed by atoms with van der Waals surface area (Å²) in [6.45, 7) is 4.39. The Morgan fingerprint density at radius 3 is 2.68 bits per heavy atom. The van der Waals surface area contributed by atoms with Gasteiger partial charge in [-0.3, -0.25) is 4.79 Å². The highest BCUT2D eigenvalue weighted by Gasteiger charge is 2.35. The first-order valence-electron chi connectivity index (χ1n) is 7.02. The molecule has 2 fully saturated rings. The van der Waals surface area contributed by atoms with E-state index in [2.05, 4.69) is 17.2 Å². The predicted octanol–water partition coefficient (Wildman–Crippen LogP) is 0.867. The number of likely N-dealkylation sites (tertiary alicyclic amines) is 1. The van der Waals surface area contributed by atoms with E-state index in [0.717, 1.165) is 32.4 Å². The molecule has 19 heavy (non-hydrogen) atoms. The molecular formula is C13H20N4O2. The van der Waals surface area contributed by atoms with Crippen LogP contribution in [0.2, 0.25) is 0 Å². The molecule has 2 saturated heterocycles. The maximum absolute atomic E-state index is 12.4. The number of carbonyl (C=O) groups excluding carboxylic acids is 1. The van der Waals surface area contributed by atoms with Crippen LogP contribution in [0.15, 0.2) is 12.4 Å². The fourth-order valence-corrected chi connectivity index (χ4v) is 2.95. The summed E-state index contributed by atoms with van der Waals surface area (Å²) in [5.74, 6) is 0.516. The number of carbonyl (C=O) groups is 1. The van der Waals surface area contributed by atoms with E-state index in [1.165, 1.54) is 0 Å². The molecule has 0 bridgehead atoms. The first-order valence-corrected chi connectivity index (χ1v) is 7.02. The van der Waals surface area contributed by atoms with Crippen LogP contribution in [0.3, 0.4) is 0 Å². The van der Waals surface area contributed by atoms with Crippen molar-refractivity contribution in [2.24, 2.45) is 5.92 Å². The van der Waals surface area contributed by atoms with Gasteiger partial charge in [-0.25, -0.2) is 4.68 Å². The predicted molar refractivity (Wildman–Crippen MR) is 68.4 cm³/mol. The van der Waals surface area contributed by atoms with Crippen molar-refractivity contribution in [3.8, 4) is 0 Å². The molecule has 3 rings (SSSR count). The van der Waals surface area contributed by atoms with E-state index in [9.17, 15) is 4.79 Å². The van der Waals surface area contributed by atoms with Crippen molar-refractivity contribution in [1.29, 1.82) is 0 Å². The van der Waals surface area contributed by atoms with Crippen LogP contribution in [0, 0.1) is 5.92 Å². The number of nitrogens with zero attached hydrogens (tertiary/aromatic N) is 4. The maximum Gasteiger partial charge on any atom is 0.251 e. The molecular weight excluding hydrogens is 244 g/mol. The van der Waals surface area contributed by atoms with E-state index < -0.39 is 0 Å². The lowest BCUT2D eigenvalue weighted by Gasteiger charge is -2.33. The molecule has 1 amide bonds. The number of rotatable bonds is 2. The van der Waals surface area contributed by atoms with Crippen molar-refractivity contribution in [2.45, 2.75) is 38.3 Å². The van der Waals surface area contributed by atoms with Crippen LogP contribution in [-0.2, 0) is 9.53 Å². The Morgan fingerprint density at radius 1 is 1.32 bits per heavy atom. The molecule has 6 nitrogen and oxygen atoms in total. The maximum atomic E-state index is 12.4. The minimum Gasteiger partial charge on any atom is -0.368 e. The highest BCUT2D eigenvalue weighted by molar-refractivity contribution is 5.81. The number of aromatic nitrogens is 3. The van der Waals surface area contributed by atoms with Gasteiger partial charge in [0.15, 0.2) is 0 Å². The third-order valence-electron chi connectivity index (χ3n) is 4.22. The van der Waals surface area contributed by atoms with E-state index in [1.807, 2.05) is 15.8 Å². The molecule has 0 spiro atoms. The van der Waals surface area contributed by atoms with Crippen molar-refractivity contribution in [3.63, 3.8) is 0 Å². The van der Waals surface area contributed by atoms with Crippen molar-refractivity contribution in [1.82, 2.24) is 19.9 Å². The fraction of sp³-hybridized carbons (Fsp3) is 0.769. The first kappa shape index (κ1) is 12.6. The van der Waals surface area contributed by atoms with Gasteiger partial charge in [-0.1, -0.05) is 12.1 Å². The van der Waals surface area contributed by atoms with Gasteiger partial charge >= 0.3 is 0 Å². The quantitative estimate of drug-likeness (QED) is 0.795. The lowest BCUT2D eigenvalue weighted by molar-refractivity contribution is -0.143. The number of piperidine rings is 1. The summed E-state index contributed by atoms with van der Waals surface area (Å²) >= 11 is 0. The van der Waals surface area contributed by atoms with Gasteiger partial charge in [-0.2, -0.15) is 0 Å². The Bertz CT molecular complexity index is 426. The molecule has 0 radical (unpaired) electrons. The normalized spacial score (nSPS) is 28.8. The van der Waals surface area contributed by atoms with Crippen LogP contribution >= 0.6 is 0 Å². The second kappa shape index (κ2) is 5.28. The average molecular weight is 264 g/mol. The summed E-state index contributed by atoms with van der Waals surface area (Å²) in [7, 11) is 0. The Hall–Kier alpha value is -1.43. The van der Waals surface area contributed by atoms with Crippen molar-refractivity contribution in [2.75, 3.05) is 19.7 Å². The van der Waals surface area contributed by atoms with Crippen LogP contribution in [0.4, 0.5) is 0 Å². The lowest BCUT2D eigenvalue weighted by Crippen LogP contribution is -2.45. The van der Waals surface area contributed by atoms with Gasteiger partial charge in [0.1, 0.15) is 6.10 Å². The standard InChI is InChI=1S/C13H20N4O2/c1-10-4-9-19-12(10)13(18)16-6-2-11(3-7-16)17-8-5-14-15-17/h5,8,10-12H,2-4,6-7,9H2,1H3/t10-,12+/m1/s1. The number of hydrogen-bond donors (Lipinski definition) is 0. The molecule has 6 heteroatoms. The molecule has 0 aliphatic carbocycles. The molecule has 0 aromatic carbocycles. The van der Waals surface area contributed by atoms with E-state index in [1.54, 1.807) is 6.20 Å². The van der Waals surface area contributed by atoms with Gasteiger partial charge in [-0.05, 0) is 25.2 Å². The van der Waals surface area contributed by atoms with Crippen molar-refractivity contribution >= 4 is 5.91 Å². The largest absolute Gasteiger partial charge is 0.368 e. The van der Waals surface area contributed by atoms with Gasteiger partial charge in [0, 0.05) is 25.9 Å². The SMILES string of the molecule is C[C@@H]1CCO[C@@H]1C(=O)N1CCC(n2ccnn2)CC1. The van der Waals surface area contributed by atoms with Crippen molar-refractivity contribution in [3.05, 3.63) is 12.4 Å². The highest BCUT2D eigenvalue weighted by atomic mass is 16.5. The minimum atomic E-state index is -0.220. The zero-order valence-corrected chi connectivity index (χ0v) is 11.2. The Kier molecular flexibility index (Phi) is 3.50. The second-order valence-corrected chi connectivity index (χ2v) is 5.50. The van der Waals surface area contributed by atoms with Gasteiger partial charge in [-0.15, -0.1) is 5.10 Å². The summed E-state index contributed by atoms with van der Waals surface area (Å²) in [5.41, 5.74) is 0. The average Bonchev–Trinajstić information content (AvgIpc) is 3.09. The van der Waals surface area contributed by atoms with Gasteiger partial charge in [0.25, 0.3) is 5.91 Å². The number of hydrogen-bond acceptors (Lipinski definition) is 4. The smallest absolute Gasteiger partial charge is 0.251 e. The zero-order chi connectivity index (χ0) is 13.2. The third kappa shape index (κ3) is 2.49. The highest BCUT2D eigenvalue weighted by Crippen LogP contribution is 2.26. The molecule has 0 N–H and O–H groups in total. The third-order valence-corrected chi connectivity index (χ3v) is 4.22. The molecule has 3 heterocycles. The summed E-state index contributed by atoms with van der Waals surface area (Å²) < 4.78 is 7.46. The summed E-state index contributed by atoms with van der Waals surface area (Å²) in [4.78, 5) is 14.3. The van der Waals surface area contributed by atoms with Crippen LogP contribution in [-0.4, -0.2) is 51.6 Å². The zero-order valence-electron chi connectivity index (χ0n) is 11.2. The van der Waals surface area contributed by atoms with Crippen LogP contribution in [0.25, 0.3) is 0 Å². The van der Waals surface area contributed by atoms with Crippen molar-refractivity contribution < 1.29 is 9.53 Å². The molecule has 1 aromatic heterocycles. The molecule has 104 valence electrons. The molecule has 2 atom stereocenters. The topological polar surface area (TPSA) is 60.2 Å². The van der Waals surface area contributed by atoms with Gasteiger partial charge in [0.2, 0.25) is 0 Å². The Labute approximate surface area is 112 Å². The molecule has 2 aliphatic heterocycles. The summed E-state index contributed by atoms with van der Waals surface area (Å²) in [6.07, 6.45) is 6.25. The minimum absolute atomic E-state index is 0.169. The van der Waals surface area contributed by atoms with Crippen LogP contribution < -0.4 is 0 Å². The number of ether oxygens (including phenoxy) is 1. The molecule has 1 aromatic rings. The Balaban J connectivity index is 1.56. The lowest BCUT2D eigenvalue weighted by atomic mass is 10.0. The van der Waals surface area contributed by atoms with Gasteiger partial charge in [0.05, 0.1) is 12.2 Å². The van der Waals surface area contributed by atoms with E-state index in [4.69, 9.17) is 4.74 Å². The van der Waals surface area contributed by atoms with Crippen LogP contribution in [0.5, 0.6) is 0 Å². The molecule has 2 aliphatic rings. The summed E-state index contributed by atoms with van der Waals surface area (Å²) in [5, 5.41) is 7.87. The second-order valence-electron chi connectivity index (χ2n) is 5.50. The van der Waals surface area contributed by atoms with Crippen LogP contribution in [0.1, 0.15) is 32.2 Å². The molecule has 0 saturated carbocycles. The summed E-state index contributed by atoms with van der Waals surface area (Å²) in [6, 6.07) is 0.369. The van der Waals surface area contributed by atoms with E-state index in [-0.39, 0.29) is 12.0 Å². The van der Waals surface area contributed by atoms with Gasteiger partial charge < -0.3 is 9.64 Å². The number of amides is 1. The monoisotopic (exact) mass is 264 g/mol. The first-order chi connectivity index (χ1) is 9.25. The fourth-order valence-electron chi connectivity index (χ4n) is 2.95. The Morgan fingerprint density at radius 2 is 2.11 bits per heavy atom. The molecule has 0 unspecified atom stereocenters.